The SMILES string of the molecule is CN=C(NCCC(F)(F)F)NCc1cn2c(C)cccc2n1. The van der Waals surface area contributed by atoms with Crippen LogP contribution in [0.5, 0.6) is 0 Å². The number of aliphatic imine (C=N–C) groups is 1. The molecule has 0 saturated heterocycles. The van der Waals surface area contributed by atoms with E-state index in [4.69, 9.17) is 0 Å². The van der Waals surface area contributed by atoms with E-state index in [1.807, 2.05) is 35.7 Å². The molecule has 22 heavy (non-hydrogen) atoms. The van der Waals surface area contributed by atoms with Crippen molar-refractivity contribution in [3.05, 3.63) is 35.8 Å². The van der Waals surface area contributed by atoms with Crippen molar-refractivity contribution >= 4 is 11.6 Å². The van der Waals surface area contributed by atoms with Crippen LogP contribution in [-0.2, 0) is 6.54 Å². The number of nitrogens with zero attached hydrogens (tertiary/aromatic N) is 3. The van der Waals surface area contributed by atoms with Crippen LogP contribution < -0.4 is 10.6 Å². The van der Waals surface area contributed by atoms with E-state index in [2.05, 4.69) is 20.6 Å². The zero-order chi connectivity index (χ0) is 16.2. The van der Waals surface area contributed by atoms with E-state index in [1.165, 1.54) is 7.05 Å². The van der Waals surface area contributed by atoms with E-state index in [0.717, 1.165) is 17.0 Å². The van der Waals surface area contributed by atoms with Gasteiger partial charge in [0.25, 0.3) is 0 Å². The molecule has 0 aliphatic heterocycles. The van der Waals surface area contributed by atoms with Crippen LogP contribution in [0.4, 0.5) is 13.2 Å². The topological polar surface area (TPSA) is 53.7 Å². The summed E-state index contributed by atoms with van der Waals surface area (Å²) >= 11 is 0. The molecule has 120 valence electrons. The van der Waals surface area contributed by atoms with Gasteiger partial charge in [0.05, 0.1) is 18.7 Å². The minimum atomic E-state index is -4.18. The molecule has 0 saturated carbocycles. The molecule has 0 fully saturated rings. The molecule has 8 heteroatoms. The summed E-state index contributed by atoms with van der Waals surface area (Å²) < 4.78 is 38.3. The number of hydrogen-bond acceptors (Lipinski definition) is 2. The minimum Gasteiger partial charge on any atom is -0.356 e. The highest BCUT2D eigenvalue weighted by atomic mass is 19.4. The van der Waals surface area contributed by atoms with Crippen molar-refractivity contribution in [1.82, 2.24) is 20.0 Å². The number of rotatable bonds is 4. The van der Waals surface area contributed by atoms with E-state index in [9.17, 15) is 13.2 Å². The molecule has 2 N–H and O–H groups in total. The lowest BCUT2D eigenvalue weighted by molar-refractivity contribution is -0.132. The standard InChI is InChI=1S/C14H18F3N5/c1-10-4-3-5-12-21-11(9-22(10)12)8-20-13(18-2)19-7-6-14(15,16)17/h3-5,9H,6-8H2,1-2H3,(H2,18,19,20). The van der Waals surface area contributed by atoms with Crippen molar-refractivity contribution in [3.63, 3.8) is 0 Å². The van der Waals surface area contributed by atoms with Gasteiger partial charge >= 0.3 is 6.18 Å². The lowest BCUT2D eigenvalue weighted by Gasteiger charge is -2.12. The zero-order valence-corrected chi connectivity index (χ0v) is 12.4. The average Bonchev–Trinajstić information content (AvgIpc) is 2.86. The van der Waals surface area contributed by atoms with Gasteiger partial charge in [0.1, 0.15) is 5.65 Å². The maximum absolute atomic E-state index is 12.1. The highest BCUT2D eigenvalue weighted by Crippen LogP contribution is 2.18. The Labute approximate surface area is 126 Å². The molecular formula is C14H18F3N5. The smallest absolute Gasteiger partial charge is 0.356 e. The van der Waals surface area contributed by atoms with Crippen molar-refractivity contribution in [2.75, 3.05) is 13.6 Å². The molecule has 0 atom stereocenters. The summed E-state index contributed by atoms with van der Waals surface area (Å²) in [6.07, 6.45) is -3.19. The second kappa shape index (κ2) is 6.67. The van der Waals surface area contributed by atoms with Crippen LogP contribution in [0, 0.1) is 6.92 Å². The first kappa shape index (κ1) is 16.1. The highest BCUT2D eigenvalue weighted by molar-refractivity contribution is 5.79. The fourth-order valence-corrected chi connectivity index (χ4v) is 2.00. The van der Waals surface area contributed by atoms with Gasteiger partial charge in [-0.05, 0) is 19.1 Å². The number of pyridine rings is 1. The number of fused-ring (bicyclic) bond motifs is 1. The molecule has 0 aliphatic carbocycles. The largest absolute Gasteiger partial charge is 0.390 e. The van der Waals surface area contributed by atoms with Crippen molar-refractivity contribution in [2.45, 2.75) is 26.1 Å². The quantitative estimate of drug-likeness (QED) is 0.672. The molecule has 2 aromatic rings. The van der Waals surface area contributed by atoms with Crippen LogP contribution in [0.25, 0.3) is 5.65 Å². The van der Waals surface area contributed by atoms with E-state index < -0.39 is 12.6 Å². The Balaban J connectivity index is 1.91. The van der Waals surface area contributed by atoms with E-state index in [0.29, 0.717) is 12.5 Å². The molecular weight excluding hydrogens is 295 g/mol. The Bertz CT molecular complexity index is 660. The van der Waals surface area contributed by atoms with Gasteiger partial charge in [-0.25, -0.2) is 4.98 Å². The first-order chi connectivity index (χ1) is 10.4. The number of imidazole rings is 1. The second-order valence-electron chi connectivity index (χ2n) is 4.85. The van der Waals surface area contributed by atoms with Crippen LogP contribution >= 0.6 is 0 Å². The normalized spacial score (nSPS) is 12.7. The summed E-state index contributed by atoms with van der Waals surface area (Å²) in [5.41, 5.74) is 2.67. The molecule has 0 aromatic carbocycles. The molecule has 0 amide bonds. The number of aromatic nitrogens is 2. The molecule has 2 aromatic heterocycles. The van der Waals surface area contributed by atoms with Crippen LogP contribution in [-0.4, -0.2) is 35.1 Å². The maximum atomic E-state index is 12.1. The monoisotopic (exact) mass is 313 g/mol. The molecule has 0 unspecified atom stereocenters. The third-order valence-corrected chi connectivity index (χ3v) is 3.11. The molecule has 0 radical (unpaired) electrons. The van der Waals surface area contributed by atoms with Crippen LogP contribution in [0.1, 0.15) is 17.8 Å². The summed E-state index contributed by atoms with van der Waals surface area (Å²) in [7, 11) is 1.51. The van der Waals surface area contributed by atoms with Crippen LogP contribution in [0.3, 0.4) is 0 Å². The van der Waals surface area contributed by atoms with Gasteiger partial charge in [-0.1, -0.05) is 6.07 Å². The Kier molecular flexibility index (Phi) is 4.89. The van der Waals surface area contributed by atoms with Gasteiger partial charge < -0.3 is 15.0 Å². The van der Waals surface area contributed by atoms with Gasteiger partial charge in [0.2, 0.25) is 0 Å². The lowest BCUT2D eigenvalue weighted by atomic mass is 10.4. The number of alkyl halides is 3. The van der Waals surface area contributed by atoms with Crippen molar-refractivity contribution in [2.24, 2.45) is 4.99 Å². The van der Waals surface area contributed by atoms with E-state index in [1.54, 1.807) is 0 Å². The predicted molar refractivity (Wildman–Crippen MR) is 78.8 cm³/mol. The summed E-state index contributed by atoms with van der Waals surface area (Å²) in [6.45, 7) is 2.14. The Morgan fingerprint density at radius 1 is 1.32 bits per heavy atom. The van der Waals surface area contributed by atoms with Gasteiger partial charge in [-0.3, -0.25) is 4.99 Å². The number of nitrogens with one attached hydrogen (secondary N) is 2. The number of aryl methyl sites for hydroxylation is 1. The highest BCUT2D eigenvalue weighted by Gasteiger charge is 2.26. The Hall–Kier alpha value is -2.25. The third-order valence-electron chi connectivity index (χ3n) is 3.11. The van der Waals surface area contributed by atoms with Gasteiger partial charge in [-0.2, -0.15) is 13.2 Å². The van der Waals surface area contributed by atoms with Crippen molar-refractivity contribution in [3.8, 4) is 0 Å². The van der Waals surface area contributed by atoms with Crippen LogP contribution in [0.15, 0.2) is 29.4 Å². The summed E-state index contributed by atoms with van der Waals surface area (Å²) in [5.74, 6) is 0.318. The molecule has 2 rings (SSSR count). The number of halogens is 3. The summed E-state index contributed by atoms with van der Waals surface area (Å²) in [5, 5.41) is 5.57. The van der Waals surface area contributed by atoms with Gasteiger partial charge in [-0.15, -0.1) is 0 Å². The van der Waals surface area contributed by atoms with E-state index in [-0.39, 0.29) is 6.54 Å². The van der Waals surface area contributed by atoms with Crippen molar-refractivity contribution in [1.29, 1.82) is 0 Å². The minimum absolute atomic E-state index is 0.215. The van der Waals surface area contributed by atoms with Crippen LogP contribution in [0.2, 0.25) is 0 Å². The molecule has 0 spiro atoms. The lowest BCUT2D eigenvalue weighted by Crippen LogP contribution is -2.38. The Morgan fingerprint density at radius 3 is 2.73 bits per heavy atom. The van der Waals surface area contributed by atoms with Gasteiger partial charge in [0, 0.05) is 25.5 Å². The third kappa shape index (κ3) is 4.37. The molecule has 0 bridgehead atoms. The fourth-order valence-electron chi connectivity index (χ4n) is 2.00. The molecule has 5 nitrogen and oxygen atoms in total. The summed E-state index contributed by atoms with van der Waals surface area (Å²) in [6, 6.07) is 5.79. The molecule has 0 aliphatic rings. The maximum Gasteiger partial charge on any atom is 0.390 e. The fraction of sp³-hybridized carbons (Fsp3) is 0.429. The average molecular weight is 313 g/mol. The molecule has 2 heterocycles. The number of guanidine groups is 1. The first-order valence-electron chi connectivity index (χ1n) is 6.84. The number of hydrogen-bond donors (Lipinski definition) is 2. The zero-order valence-electron chi connectivity index (χ0n) is 12.4. The van der Waals surface area contributed by atoms with Crippen molar-refractivity contribution < 1.29 is 13.2 Å². The first-order valence-corrected chi connectivity index (χ1v) is 6.84. The van der Waals surface area contributed by atoms with Gasteiger partial charge in [0.15, 0.2) is 5.96 Å². The predicted octanol–water partition coefficient (Wildman–Crippen LogP) is 2.26. The Morgan fingerprint density at radius 2 is 2.09 bits per heavy atom. The second-order valence-corrected chi connectivity index (χ2v) is 4.85. The van der Waals surface area contributed by atoms with E-state index >= 15 is 0 Å². The summed E-state index contributed by atoms with van der Waals surface area (Å²) in [4.78, 5) is 8.32.